The molecule has 2 heterocycles. The van der Waals surface area contributed by atoms with E-state index < -0.39 is 0 Å². The summed E-state index contributed by atoms with van der Waals surface area (Å²) < 4.78 is 1.11. The van der Waals surface area contributed by atoms with Crippen LogP contribution < -0.4 is 4.90 Å². The summed E-state index contributed by atoms with van der Waals surface area (Å²) >= 11 is 3.49. The van der Waals surface area contributed by atoms with Crippen LogP contribution in [0.2, 0.25) is 0 Å². The van der Waals surface area contributed by atoms with Gasteiger partial charge in [0, 0.05) is 48.7 Å². The zero-order chi connectivity index (χ0) is 12.0. The number of anilines is 1. The Balaban J connectivity index is 1.71. The number of nitrogens with zero attached hydrogens (tertiary/aromatic N) is 2. The predicted octanol–water partition coefficient (Wildman–Crippen LogP) is 2.12. The number of benzene rings is 1. The van der Waals surface area contributed by atoms with Crippen molar-refractivity contribution in [3.8, 4) is 0 Å². The van der Waals surface area contributed by atoms with Crippen LogP contribution in [0.1, 0.15) is 6.42 Å². The van der Waals surface area contributed by atoms with Gasteiger partial charge in [-0.2, -0.15) is 0 Å². The SMILES string of the molecule is CN1CC2(CC1=O)CN(c1cccc(Br)c1)C2. The van der Waals surface area contributed by atoms with E-state index in [4.69, 9.17) is 0 Å². The third kappa shape index (κ3) is 1.84. The number of amides is 1. The maximum atomic E-state index is 11.6. The second kappa shape index (κ2) is 3.73. The summed E-state index contributed by atoms with van der Waals surface area (Å²) in [6, 6.07) is 8.34. The number of hydrogen-bond donors (Lipinski definition) is 0. The van der Waals surface area contributed by atoms with Gasteiger partial charge in [0.1, 0.15) is 0 Å². The fraction of sp³-hybridized carbons (Fsp3) is 0.462. The molecule has 2 saturated heterocycles. The smallest absolute Gasteiger partial charge is 0.223 e. The van der Waals surface area contributed by atoms with Crippen molar-refractivity contribution in [1.29, 1.82) is 0 Å². The molecule has 0 N–H and O–H groups in total. The number of hydrogen-bond acceptors (Lipinski definition) is 2. The zero-order valence-electron chi connectivity index (χ0n) is 9.82. The lowest BCUT2D eigenvalue weighted by molar-refractivity contribution is -0.126. The highest BCUT2D eigenvalue weighted by molar-refractivity contribution is 9.10. The lowest BCUT2D eigenvalue weighted by atomic mass is 9.78. The van der Waals surface area contributed by atoms with Crippen LogP contribution in [0.15, 0.2) is 28.7 Å². The summed E-state index contributed by atoms with van der Waals surface area (Å²) in [5.41, 5.74) is 1.46. The molecule has 1 aromatic rings. The van der Waals surface area contributed by atoms with Crippen LogP contribution in [-0.2, 0) is 4.79 Å². The highest BCUT2D eigenvalue weighted by Gasteiger charge is 2.50. The summed E-state index contributed by atoms with van der Waals surface area (Å²) in [6.07, 6.45) is 0.716. The van der Waals surface area contributed by atoms with Crippen LogP contribution in [0.3, 0.4) is 0 Å². The molecule has 1 aromatic carbocycles. The van der Waals surface area contributed by atoms with Gasteiger partial charge in [0.05, 0.1) is 0 Å². The van der Waals surface area contributed by atoms with Crippen LogP contribution in [0, 0.1) is 5.41 Å². The Labute approximate surface area is 110 Å². The molecule has 2 fully saturated rings. The second-order valence-electron chi connectivity index (χ2n) is 5.26. The maximum absolute atomic E-state index is 11.6. The van der Waals surface area contributed by atoms with E-state index in [2.05, 4.69) is 39.0 Å². The quantitative estimate of drug-likeness (QED) is 0.792. The molecule has 0 radical (unpaired) electrons. The molecule has 2 aliphatic rings. The fourth-order valence-electron chi connectivity index (χ4n) is 2.93. The van der Waals surface area contributed by atoms with Crippen molar-refractivity contribution in [1.82, 2.24) is 4.90 Å². The largest absolute Gasteiger partial charge is 0.370 e. The van der Waals surface area contributed by atoms with Gasteiger partial charge in [0.2, 0.25) is 5.91 Å². The minimum Gasteiger partial charge on any atom is -0.370 e. The van der Waals surface area contributed by atoms with E-state index >= 15 is 0 Å². The molecule has 17 heavy (non-hydrogen) atoms. The molecule has 0 saturated carbocycles. The second-order valence-corrected chi connectivity index (χ2v) is 6.18. The molecular formula is C13H15BrN2O. The van der Waals surface area contributed by atoms with E-state index in [-0.39, 0.29) is 5.41 Å². The van der Waals surface area contributed by atoms with Crippen LogP contribution >= 0.6 is 15.9 Å². The maximum Gasteiger partial charge on any atom is 0.223 e. The minimum absolute atomic E-state index is 0.216. The van der Waals surface area contributed by atoms with Crippen LogP contribution in [0.5, 0.6) is 0 Å². The normalized spacial score (nSPS) is 22.1. The molecule has 3 rings (SSSR count). The molecule has 1 amide bonds. The van der Waals surface area contributed by atoms with E-state index in [0.29, 0.717) is 12.3 Å². The highest BCUT2D eigenvalue weighted by Crippen LogP contribution is 2.42. The monoisotopic (exact) mass is 294 g/mol. The molecule has 2 aliphatic heterocycles. The fourth-order valence-corrected chi connectivity index (χ4v) is 3.32. The van der Waals surface area contributed by atoms with Crippen molar-refractivity contribution in [2.75, 3.05) is 31.6 Å². The number of likely N-dealkylation sites (tertiary alicyclic amines) is 1. The average Bonchev–Trinajstić information content (AvgIpc) is 2.53. The molecule has 0 bridgehead atoms. The summed E-state index contributed by atoms with van der Waals surface area (Å²) in [4.78, 5) is 15.8. The Morgan fingerprint density at radius 2 is 2.06 bits per heavy atom. The summed E-state index contributed by atoms with van der Waals surface area (Å²) in [7, 11) is 1.90. The molecule has 0 atom stereocenters. The van der Waals surface area contributed by atoms with E-state index in [1.807, 2.05) is 18.0 Å². The first-order valence-corrected chi connectivity index (χ1v) is 6.62. The molecule has 4 heteroatoms. The first-order chi connectivity index (χ1) is 8.08. The van der Waals surface area contributed by atoms with E-state index in [1.165, 1.54) is 5.69 Å². The molecule has 0 aromatic heterocycles. The van der Waals surface area contributed by atoms with Gasteiger partial charge in [0.25, 0.3) is 0 Å². The third-order valence-corrected chi connectivity index (χ3v) is 4.24. The van der Waals surface area contributed by atoms with Gasteiger partial charge in [-0.1, -0.05) is 22.0 Å². The minimum atomic E-state index is 0.216. The van der Waals surface area contributed by atoms with Crippen molar-refractivity contribution in [2.45, 2.75) is 6.42 Å². The van der Waals surface area contributed by atoms with Gasteiger partial charge in [-0.25, -0.2) is 0 Å². The van der Waals surface area contributed by atoms with Gasteiger partial charge in [-0.3, -0.25) is 4.79 Å². The molecular weight excluding hydrogens is 280 g/mol. The van der Waals surface area contributed by atoms with Crippen LogP contribution in [-0.4, -0.2) is 37.5 Å². The van der Waals surface area contributed by atoms with Crippen molar-refractivity contribution in [2.24, 2.45) is 5.41 Å². The Morgan fingerprint density at radius 3 is 2.65 bits per heavy atom. The highest BCUT2D eigenvalue weighted by atomic mass is 79.9. The van der Waals surface area contributed by atoms with Crippen molar-refractivity contribution >= 4 is 27.5 Å². The first kappa shape index (κ1) is 11.1. The van der Waals surface area contributed by atoms with Gasteiger partial charge in [-0.15, -0.1) is 0 Å². The van der Waals surface area contributed by atoms with Crippen LogP contribution in [0.25, 0.3) is 0 Å². The van der Waals surface area contributed by atoms with Gasteiger partial charge < -0.3 is 9.80 Å². The predicted molar refractivity (Wildman–Crippen MR) is 71.0 cm³/mol. The number of rotatable bonds is 1. The van der Waals surface area contributed by atoms with Gasteiger partial charge in [0.15, 0.2) is 0 Å². The Morgan fingerprint density at radius 1 is 1.29 bits per heavy atom. The van der Waals surface area contributed by atoms with E-state index in [0.717, 1.165) is 24.1 Å². The van der Waals surface area contributed by atoms with Gasteiger partial charge >= 0.3 is 0 Å². The third-order valence-electron chi connectivity index (χ3n) is 3.75. The van der Waals surface area contributed by atoms with Crippen LogP contribution in [0.4, 0.5) is 5.69 Å². The van der Waals surface area contributed by atoms with Gasteiger partial charge in [-0.05, 0) is 18.2 Å². The Hall–Kier alpha value is -1.03. The van der Waals surface area contributed by atoms with E-state index in [1.54, 1.807) is 0 Å². The van der Waals surface area contributed by atoms with E-state index in [9.17, 15) is 4.79 Å². The lowest BCUT2D eigenvalue weighted by Crippen LogP contribution is -2.57. The average molecular weight is 295 g/mol. The first-order valence-electron chi connectivity index (χ1n) is 5.83. The molecule has 3 nitrogen and oxygen atoms in total. The summed E-state index contributed by atoms with van der Waals surface area (Å²) in [6.45, 7) is 2.91. The molecule has 90 valence electrons. The molecule has 1 spiro atoms. The number of carbonyl (C=O) groups excluding carboxylic acids is 1. The molecule has 0 aliphatic carbocycles. The zero-order valence-corrected chi connectivity index (χ0v) is 11.4. The van der Waals surface area contributed by atoms with Crippen molar-refractivity contribution in [3.05, 3.63) is 28.7 Å². The Bertz CT molecular complexity index is 468. The summed E-state index contributed by atoms with van der Waals surface area (Å²) in [5.74, 6) is 0.291. The lowest BCUT2D eigenvalue weighted by Gasteiger charge is -2.48. The number of halogens is 1. The summed E-state index contributed by atoms with van der Waals surface area (Å²) in [5, 5.41) is 0. The topological polar surface area (TPSA) is 23.6 Å². The number of carbonyl (C=O) groups is 1. The Kier molecular flexibility index (Phi) is 2.43. The standard InChI is InChI=1S/C13H15BrN2O/c1-15-7-13(6-12(15)17)8-16(9-13)11-4-2-3-10(14)5-11/h2-5H,6-9H2,1H3. The molecule has 0 unspecified atom stereocenters. The van der Waals surface area contributed by atoms with Crippen molar-refractivity contribution < 1.29 is 4.79 Å². The van der Waals surface area contributed by atoms with Crippen molar-refractivity contribution in [3.63, 3.8) is 0 Å².